The number of para-hydroxylation sites is 1. The maximum Gasteiger partial charge on any atom is 0.114 e. The minimum Gasteiger partial charge on any atom is -0.327 e. The van der Waals surface area contributed by atoms with Crippen LogP contribution in [0.4, 0.5) is 5.69 Å². The molecular formula is C12H10N2. The van der Waals surface area contributed by atoms with Crippen molar-refractivity contribution in [1.29, 1.82) is 0 Å². The number of rotatable bonds is 0. The Balaban J connectivity index is 2.31. The van der Waals surface area contributed by atoms with Gasteiger partial charge in [-0.3, -0.25) is 4.99 Å². The fourth-order valence-corrected chi connectivity index (χ4v) is 1.88. The van der Waals surface area contributed by atoms with Crippen LogP contribution in [0.2, 0.25) is 0 Å². The molecule has 2 aliphatic rings. The molecule has 3 rings (SSSR count). The Morgan fingerprint density at radius 2 is 2.07 bits per heavy atom. The van der Waals surface area contributed by atoms with E-state index in [4.69, 9.17) is 0 Å². The Labute approximate surface area is 82.9 Å². The van der Waals surface area contributed by atoms with Gasteiger partial charge in [0, 0.05) is 18.0 Å². The first-order valence-electron chi connectivity index (χ1n) is 4.69. The third-order valence-corrected chi connectivity index (χ3v) is 2.50. The van der Waals surface area contributed by atoms with E-state index in [1.54, 1.807) is 0 Å². The summed E-state index contributed by atoms with van der Waals surface area (Å²) in [5, 5.41) is 0. The van der Waals surface area contributed by atoms with Crippen LogP contribution in [-0.4, -0.2) is 12.9 Å². The number of hydrogen-bond acceptors (Lipinski definition) is 2. The summed E-state index contributed by atoms with van der Waals surface area (Å²) >= 11 is 0. The number of aliphatic imine (C=N–C) groups is 1. The molecule has 0 amide bonds. The molecule has 14 heavy (non-hydrogen) atoms. The Hall–Kier alpha value is -1.83. The number of anilines is 1. The zero-order chi connectivity index (χ0) is 9.38. The van der Waals surface area contributed by atoms with Crippen LogP contribution < -0.4 is 4.90 Å². The molecule has 2 heteroatoms. The lowest BCUT2D eigenvalue weighted by molar-refractivity contribution is 0.964. The van der Waals surface area contributed by atoms with Gasteiger partial charge in [-0.05, 0) is 11.6 Å². The number of allylic oxidation sites excluding steroid dienone is 2. The van der Waals surface area contributed by atoms with Gasteiger partial charge in [-0.1, -0.05) is 30.4 Å². The molecule has 0 spiro atoms. The van der Waals surface area contributed by atoms with Crippen LogP contribution in [0, 0.1) is 0 Å². The maximum atomic E-state index is 4.31. The van der Waals surface area contributed by atoms with Crippen LogP contribution in [0.25, 0.3) is 6.08 Å². The highest BCUT2D eigenvalue weighted by atomic mass is 15.2. The van der Waals surface area contributed by atoms with E-state index in [0.29, 0.717) is 0 Å². The second-order valence-corrected chi connectivity index (χ2v) is 3.41. The minimum absolute atomic E-state index is 0.724. The lowest BCUT2D eigenvalue weighted by Gasteiger charge is -2.24. The van der Waals surface area contributed by atoms with Crippen molar-refractivity contribution in [3.05, 3.63) is 47.7 Å². The van der Waals surface area contributed by atoms with Gasteiger partial charge in [0.25, 0.3) is 0 Å². The van der Waals surface area contributed by atoms with Crippen LogP contribution in [0.3, 0.4) is 0 Å². The van der Waals surface area contributed by atoms with E-state index in [9.17, 15) is 0 Å². The Morgan fingerprint density at radius 3 is 3.07 bits per heavy atom. The molecular weight excluding hydrogens is 172 g/mol. The smallest absolute Gasteiger partial charge is 0.114 e. The predicted molar refractivity (Wildman–Crippen MR) is 59.6 cm³/mol. The van der Waals surface area contributed by atoms with Crippen molar-refractivity contribution in [2.75, 3.05) is 11.6 Å². The van der Waals surface area contributed by atoms with Crippen molar-refractivity contribution < 1.29 is 0 Å². The van der Waals surface area contributed by atoms with Crippen molar-refractivity contribution in [3.63, 3.8) is 0 Å². The lowest BCUT2D eigenvalue weighted by Crippen LogP contribution is -2.21. The fraction of sp³-hybridized carbons (Fsp3) is 0.0833. The molecule has 2 aliphatic heterocycles. The van der Waals surface area contributed by atoms with Crippen LogP contribution >= 0.6 is 0 Å². The summed E-state index contributed by atoms with van der Waals surface area (Å²) < 4.78 is 0. The molecule has 0 saturated heterocycles. The van der Waals surface area contributed by atoms with Gasteiger partial charge in [0.15, 0.2) is 0 Å². The van der Waals surface area contributed by atoms with Gasteiger partial charge in [-0.15, -0.1) is 0 Å². The van der Waals surface area contributed by atoms with Gasteiger partial charge in [-0.25, -0.2) is 0 Å². The zero-order valence-electron chi connectivity index (χ0n) is 7.72. The molecule has 0 saturated carbocycles. The Bertz CT molecular complexity index is 455. The summed E-state index contributed by atoms with van der Waals surface area (Å²) in [6.45, 7) is 0.724. The van der Waals surface area contributed by atoms with E-state index >= 15 is 0 Å². The SMILES string of the molecule is C1=Cc2cccc3c2N(C=C1)CN=C3. The van der Waals surface area contributed by atoms with Crippen molar-refractivity contribution in [2.45, 2.75) is 0 Å². The summed E-state index contributed by atoms with van der Waals surface area (Å²) in [5.74, 6) is 0. The third kappa shape index (κ3) is 1.01. The minimum atomic E-state index is 0.724. The summed E-state index contributed by atoms with van der Waals surface area (Å²) in [4.78, 5) is 6.48. The van der Waals surface area contributed by atoms with E-state index in [2.05, 4.69) is 46.4 Å². The predicted octanol–water partition coefficient (Wildman–Crippen LogP) is 2.42. The molecule has 1 aromatic carbocycles. The van der Waals surface area contributed by atoms with E-state index in [1.165, 1.54) is 16.8 Å². The molecule has 0 atom stereocenters. The monoisotopic (exact) mass is 182 g/mol. The van der Waals surface area contributed by atoms with E-state index < -0.39 is 0 Å². The topological polar surface area (TPSA) is 15.6 Å². The molecule has 2 heterocycles. The summed E-state index contributed by atoms with van der Waals surface area (Å²) in [7, 11) is 0. The highest BCUT2D eigenvalue weighted by Crippen LogP contribution is 2.29. The van der Waals surface area contributed by atoms with E-state index in [1.807, 2.05) is 12.3 Å². The molecule has 0 bridgehead atoms. The normalized spacial score (nSPS) is 16.7. The molecule has 0 N–H and O–H groups in total. The van der Waals surface area contributed by atoms with Gasteiger partial charge in [-0.2, -0.15) is 0 Å². The number of benzene rings is 1. The van der Waals surface area contributed by atoms with Gasteiger partial charge in [0.2, 0.25) is 0 Å². The van der Waals surface area contributed by atoms with Crippen LogP contribution in [0.15, 0.2) is 41.5 Å². The molecule has 0 radical (unpaired) electrons. The quantitative estimate of drug-likeness (QED) is 0.601. The van der Waals surface area contributed by atoms with Crippen LogP contribution in [-0.2, 0) is 0 Å². The highest BCUT2D eigenvalue weighted by molar-refractivity contribution is 5.94. The van der Waals surface area contributed by atoms with Crippen molar-refractivity contribution in [3.8, 4) is 0 Å². The van der Waals surface area contributed by atoms with Crippen LogP contribution in [0.1, 0.15) is 11.1 Å². The van der Waals surface area contributed by atoms with Gasteiger partial charge in [0.1, 0.15) is 6.67 Å². The van der Waals surface area contributed by atoms with Gasteiger partial charge < -0.3 is 4.90 Å². The average molecular weight is 182 g/mol. The largest absolute Gasteiger partial charge is 0.327 e. The number of hydrogen-bond donors (Lipinski definition) is 0. The fourth-order valence-electron chi connectivity index (χ4n) is 1.88. The van der Waals surface area contributed by atoms with Gasteiger partial charge in [0.05, 0.1) is 5.69 Å². The number of nitrogens with zero attached hydrogens (tertiary/aromatic N) is 2. The summed E-state index contributed by atoms with van der Waals surface area (Å²) in [6, 6.07) is 6.30. The maximum absolute atomic E-state index is 4.31. The Kier molecular flexibility index (Phi) is 1.53. The Morgan fingerprint density at radius 1 is 1.14 bits per heavy atom. The second-order valence-electron chi connectivity index (χ2n) is 3.41. The third-order valence-electron chi connectivity index (χ3n) is 2.50. The van der Waals surface area contributed by atoms with Gasteiger partial charge >= 0.3 is 0 Å². The average Bonchev–Trinajstić information content (AvgIpc) is 2.44. The summed E-state index contributed by atoms with van der Waals surface area (Å²) in [5.41, 5.74) is 3.73. The second kappa shape index (κ2) is 2.84. The summed E-state index contributed by atoms with van der Waals surface area (Å²) in [6.07, 6.45) is 10.3. The van der Waals surface area contributed by atoms with Crippen LogP contribution in [0.5, 0.6) is 0 Å². The molecule has 0 unspecified atom stereocenters. The molecule has 0 aliphatic carbocycles. The molecule has 1 aromatic rings. The van der Waals surface area contributed by atoms with Crippen molar-refractivity contribution in [1.82, 2.24) is 0 Å². The molecule has 0 fully saturated rings. The lowest BCUT2D eigenvalue weighted by atomic mass is 10.1. The van der Waals surface area contributed by atoms with Crippen molar-refractivity contribution >= 4 is 18.0 Å². The highest BCUT2D eigenvalue weighted by Gasteiger charge is 2.15. The molecule has 2 nitrogen and oxygen atoms in total. The molecule has 0 aromatic heterocycles. The first-order chi connectivity index (χ1) is 6.95. The molecule has 68 valence electrons. The van der Waals surface area contributed by atoms with E-state index in [-0.39, 0.29) is 0 Å². The first-order valence-corrected chi connectivity index (χ1v) is 4.69. The van der Waals surface area contributed by atoms with Crippen molar-refractivity contribution in [2.24, 2.45) is 4.99 Å². The van der Waals surface area contributed by atoms with E-state index in [0.717, 1.165) is 6.67 Å². The first kappa shape index (κ1) is 7.56. The zero-order valence-corrected chi connectivity index (χ0v) is 7.72. The standard InChI is InChI=1S/C12H10N2/c1-2-7-14-9-13-8-11-6-3-5-10(4-1)12(11)14/h1-8H,9H2.